The Labute approximate surface area is 167 Å². The van der Waals surface area contributed by atoms with Gasteiger partial charge in [-0.1, -0.05) is 35.5 Å². The molecule has 2 amide bonds. The maximum absolute atomic E-state index is 12.6. The summed E-state index contributed by atoms with van der Waals surface area (Å²) in [7, 11) is 1.82. The molecule has 7 nitrogen and oxygen atoms in total. The Morgan fingerprint density at radius 2 is 1.93 bits per heavy atom. The van der Waals surface area contributed by atoms with Crippen LogP contribution in [0.1, 0.15) is 21.5 Å². The zero-order valence-electron chi connectivity index (χ0n) is 15.9. The summed E-state index contributed by atoms with van der Waals surface area (Å²) in [6, 6.07) is 12.7. The fraction of sp³-hybridized carbons (Fsp3) is 0.200. The first-order valence-corrected chi connectivity index (χ1v) is 9.66. The van der Waals surface area contributed by atoms with Crippen LogP contribution >= 0.6 is 11.8 Å². The van der Waals surface area contributed by atoms with E-state index in [4.69, 9.17) is 0 Å². The Balaban J connectivity index is 1.62. The van der Waals surface area contributed by atoms with Crippen molar-refractivity contribution in [1.82, 2.24) is 14.8 Å². The molecule has 3 rings (SSSR count). The third-order valence-corrected chi connectivity index (χ3v) is 5.08. The third kappa shape index (κ3) is 4.98. The summed E-state index contributed by atoms with van der Waals surface area (Å²) >= 11 is 1.29. The molecule has 0 bridgehead atoms. The van der Waals surface area contributed by atoms with Crippen LogP contribution in [0, 0.1) is 13.8 Å². The molecule has 0 aliphatic carbocycles. The largest absolute Gasteiger partial charge is 0.325 e. The number of carbonyl (C=O) groups excluding carboxylic acids is 2. The van der Waals surface area contributed by atoms with Crippen LogP contribution in [0.2, 0.25) is 0 Å². The molecule has 1 aromatic heterocycles. The van der Waals surface area contributed by atoms with Gasteiger partial charge in [-0.25, -0.2) is 0 Å². The minimum atomic E-state index is -0.225. The molecule has 0 aliphatic rings. The zero-order chi connectivity index (χ0) is 20.1. The van der Waals surface area contributed by atoms with Gasteiger partial charge in [0, 0.05) is 24.0 Å². The van der Waals surface area contributed by atoms with Crippen molar-refractivity contribution in [1.29, 1.82) is 0 Å². The highest BCUT2D eigenvalue weighted by Gasteiger charge is 2.11. The van der Waals surface area contributed by atoms with Gasteiger partial charge in [0.2, 0.25) is 5.91 Å². The van der Waals surface area contributed by atoms with Crippen LogP contribution in [-0.4, -0.2) is 32.3 Å². The van der Waals surface area contributed by atoms with Crippen molar-refractivity contribution in [2.75, 3.05) is 16.4 Å². The number of amides is 2. The standard InChI is InChI=1S/C20H21N5O2S/c1-13-7-8-17(14(2)9-13)23-19(27)15-5-4-6-16(10-15)22-18(26)11-28-20-24-21-12-25(20)3/h4-10,12H,11H2,1-3H3,(H,22,26)(H,23,27). The molecular formula is C20H21N5O2S. The molecule has 0 unspecified atom stereocenters. The number of hydrogen-bond donors (Lipinski definition) is 2. The van der Waals surface area contributed by atoms with Crippen molar-refractivity contribution < 1.29 is 9.59 Å². The second kappa shape index (κ2) is 8.71. The van der Waals surface area contributed by atoms with Gasteiger partial charge < -0.3 is 15.2 Å². The van der Waals surface area contributed by atoms with Gasteiger partial charge in [-0.2, -0.15) is 0 Å². The van der Waals surface area contributed by atoms with Crippen LogP contribution < -0.4 is 10.6 Å². The van der Waals surface area contributed by atoms with Gasteiger partial charge >= 0.3 is 0 Å². The number of rotatable bonds is 6. The summed E-state index contributed by atoms with van der Waals surface area (Å²) in [6.45, 7) is 3.96. The maximum atomic E-state index is 12.6. The van der Waals surface area contributed by atoms with E-state index in [-0.39, 0.29) is 17.6 Å². The van der Waals surface area contributed by atoms with Crippen LogP contribution in [0.3, 0.4) is 0 Å². The van der Waals surface area contributed by atoms with Gasteiger partial charge in [0.25, 0.3) is 5.91 Å². The normalized spacial score (nSPS) is 10.5. The van der Waals surface area contributed by atoms with Gasteiger partial charge in [-0.3, -0.25) is 9.59 Å². The highest BCUT2D eigenvalue weighted by Crippen LogP contribution is 2.19. The van der Waals surface area contributed by atoms with Gasteiger partial charge in [0.1, 0.15) is 6.33 Å². The van der Waals surface area contributed by atoms with Crippen LogP contribution in [-0.2, 0) is 11.8 Å². The van der Waals surface area contributed by atoms with E-state index in [9.17, 15) is 9.59 Å². The van der Waals surface area contributed by atoms with Crippen molar-refractivity contribution in [3.8, 4) is 0 Å². The highest BCUT2D eigenvalue weighted by molar-refractivity contribution is 7.99. The SMILES string of the molecule is Cc1ccc(NC(=O)c2cccc(NC(=O)CSc3nncn3C)c2)c(C)c1. The summed E-state index contributed by atoms with van der Waals surface area (Å²) in [5.74, 6) is -0.206. The van der Waals surface area contributed by atoms with E-state index in [1.54, 1.807) is 35.2 Å². The van der Waals surface area contributed by atoms with E-state index >= 15 is 0 Å². The number of nitrogens with zero attached hydrogens (tertiary/aromatic N) is 3. The molecule has 0 saturated carbocycles. The Morgan fingerprint density at radius 1 is 1.11 bits per heavy atom. The Morgan fingerprint density at radius 3 is 2.64 bits per heavy atom. The minimum Gasteiger partial charge on any atom is -0.325 e. The molecule has 144 valence electrons. The number of benzene rings is 2. The predicted molar refractivity (Wildman–Crippen MR) is 111 cm³/mol. The first kappa shape index (κ1) is 19.6. The van der Waals surface area contributed by atoms with Crippen LogP contribution in [0.15, 0.2) is 53.9 Å². The first-order chi connectivity index (χ1) is 13.4. The number of nitrogens with one attached hydrogen (secondary N) is 2. The molecule has 3 aromatic rings. The summed E-state index contributed by atoms with van der Waals surface area (Å²) < 4.78 is 1.75. The number of aryl methyl sites for hydroxylation is 3. The number of hydrogen-bond acceptors (Lipinski definition) is 5. The smallest absolute Gasteiger partial charge is 0.255 e. The minimum absolute atomic E-state index is 0.181. The molecule has 28 heavy (non-hydrogen) atoms. The van der Waals surface area contributed by atoms with E-state index < -0.39 is 0 Å². The summed E-state index contributed by atoms with van der Waals surface area (Å²) in [5.41, 5.74) is 3.94. The first-order valence-electron chi connectivity index (χ1n) is 8.67. The van der Waals surface area contributed by atoms with Crippen molar-refractivity contribution in [3.63, 3.8) is 0 Å². The Hall–Kier alpha value is -3.13. The summed E-state index contributed by atoms with van der Waals surface area (Å²) in [6.07, 6.45) is 1.58. The van der Waals surface area contributed by atoms with Gasteiger partial charge in [0.15, 0.2) is 5.16 Å². The topological polar surface area (TPSA) is 88.9 Å². The second-order valence-electron chi connectivity index (χ2n) is 6.41. The molecule has 0 radical (unpaired) electrons. The fourth-order valence-electron chi connectivity index (χ4n) is 2.62. The van der Waals surface area contributed by atoms with E-state index in [1.165, 1.54) is 11.8 Å². The molecule has 8 heteroatoms. The van der Waals surface area contributed by atoms with Crippen LogP contribution in [0.5, 0.6) is 0 Å². The van der Waals surface area contributed by atoms with E-state index in [2.05, 4.69) is 20.8 Å². The molecule has 2 aromatic carbocycles. The molecule has 0 atom stereocenters. The lowest BCUT2D eigenvalue weighted by Gasteiger charge is -2.10. The lowest BCUT2D eigenvalue weighted by atomic mass is 10.1. The monoisotopic (exact) mass is 395 g/mol. The van der Waals surface area contributed by atoms with Crippen molar-refractivity contribution in [3.05, 3.63) is 65.5 Å². The highest BCUT2D eigenvalue weighted by atomic mass is 32.2. The summed E-state index contributed by atoms with van der Waals surface area (Å²) in [5, 5.41) is 14.1. The molecule has 0 saturated heterocycles. The Bertz CT molecular complexity index is 1020. The predicted octanol–water partition coefficient (Wildman–Crippen LogP) is 3.42. The van der Waals surface area contributed by atoms with Crippen molar-refractivity contribution in [2.24, 2.45) is 7.05 Å². The van der Waals surface area contributed by atoms with Crippen LogP contribution in [0.4, 0.5) is 11.4 Å². The van der Waals surface area contributed by atoms with Gasteiger partial charge in [0.05, 0.1) is 5.75 Å². The van der Waals surface area contributed by atoms with E-state index in [1.807, 2.05) is 39.1 Å². The Kier molecular flexibility index (Phi) is 6.10. The van der Waals surface area contributed by atoms with Gasteiger partial charge in [-0.05, 0) is 43.7 Å². The van der Waals surface area contributed by atoms with E-state index in [0.29, 0.717) is 16.4 Å². The average molecular weight is 395 g/mol. The molecule has 0 aliphatic heterocycles. The lowest BCUT2D eigenvalue weighted by molar-refractivity contribution is -0.113. The lowest BCUT2D eigenvalue weighted by Crippen LogP contribution is -2.16. The molecule has 0 fully saturated rings. The van der Waals surface area contributed by atoms with E-state index in [0.717, 1.165) is 16.8 Å². The number of aromatic nitrogens is 3. The molecule has 0 spiro atoms. The van der Waals surface area contributed by atoms with Gasteiger partial charge in [-0.15, -0.1) is 10.2 Å². The average Bonchev–Trinajstić information content (AvgIpc) is 3.07. The second-order valence-corrected chi connectivity index (χ2v) is 7.36. The number of thioether (sulfide) groups is 1. The number of anilines is 2. The number of carbonyl (C=O) groups is 2. The fourth-order valence-corrected chi connectivity index (χ4v) is 3.30. The maximum Gasteiger partial charge on any atom is 0.255 e. The van der Waals surface area contributed by atoms with Crippen molar-refractivity contribution in [2.45, 2.75) is 19.0 Å². The zero-order valence-corrected chi connectivity index (χ0v) is 16.7. The van der Waals surface area contributed by atoms with Crippen molar-refractivity contribution >= 4 is 35.0 Å². The quantitative estimate of drug-likeness (QED) is 0.625. The summed E-state index contributed by atoms with van der Waals surface area (Å²) in [4.78, 5) is 24.7. The molecule has 1 heterocycles. The van der Waals surface area contributed by atoms with Crippen LogP contribution in [0.25, 0.3) is 0 Å². The molecule has 2 N–H and O–H groups in total. The third-order valence-electron chi connectivity index (χ3n) is 4.04. The molecular weight excluding hydrogens is 374 g/mol.